The van der Waals surface area contributed by atoms with Crippen LogP contribution < -0.4 is 21.3 Å². The average molecular weight is 1240 g/mol. The van der Waals surface area contributed by atoms with Gasteiger partial charge in [0.05, 0.1) is 49.5 Å². The maximum absolute atomic E-state index is 14.4. The molecule has 29 heteroatoms. The molecule has 4 saturated heterocycles. The highest BCUT2D eigenvalue weighted by molar-refractivity contribution is 6.31. The second-order valence-electron chi connectivity index (χ2n) is 22.0. The second-order valence-corrected chi connectivity index (χ2v) is 22.8. The lowest BCUT2D eigenvalue weighted by atomic mass is 10.1. The van der Waals surface area contributed by atoms with Gasteiger partial charge in [-0.1, -0.05) is 23.2 Å². The number of fused-ring (bicyclic) bond motifs is 2. The van der Waals surface area contributed by atoms with Crippen molar-refractivity contribution >= 4 is 117 Å². The summed E-state index contributed by atoms with van der Waals surface area (Å²) in [6.45, 7) is 7.93. The Morgan fingerprint density at radius 2 is 1.08 bits per heavy atom. The first-order chi connectivity index (χ1) is 41.8. The van der Waals surface area contributed by atoms with Crippen LogP contribution in [0.4, 0.5) is 43.4 Å². The lowest BCUT2D eigenvalue weighted by Gasteiger charge is -2.32. The van der Waals surface area contributed by atoms with Gasteiger partial charge in [-0.3, -0.25) is 33.7 Å². The number of carbonyl (C=O) groups is 6. The molecule has 25 nitrogen and oxygen atoms in total. The van der Waals surface area contributed by atoms with Crippen LogP contribution >= 0.6 is 23.2 Å². The van der Waals surface area contributed by atoms with E-state index in [4.69, 9.17) is 33.0 Å². The van der Waals surface area contributed by atoms with E-state index in [2.05, 4.69) is 75.1 Å². The molecule has 2 saturated carbocycles. The number of anilines is 6. The van der Waals surface area contributed by atoms with Crippen LogP contribution in [0.15, 0.2) is 72.1 Å². The number of benzene rings is 2. The summed E-state index contributed by atoms with van der Waals surface area (Å²) in [4.78, 5) is 92.5. The third-order valence-corrected chi connectivity index (χ3v) is 15.7. The van der Waals surface area contributed by atoms with Crippen LogP contribution in [-0.2, 0) is 33.5 Å². The Morgan fingerprint density at radius 3 is 1.51 bits per heavy atom. The zero-order valence-corrected chi connectivity index (χ0v) is 49.4. The van der Waals surface area contributed by atoms with Gasteiger partial charge >= 0.3 is 11.9 Å². The van der Waals surface area contributed by atoms with Gasteiger partial charge in [0.15, 0.2) is 18.0 Å². The van der Waals surface area contributed by atoms with Gasteiger partial charge < -0.3 is 55.8 Å². The van der Waals surface area contributed by atoms with E-state index < -0.39 is 60.7 Å². The molecule has 4 aromatic heterocycles. The zero-order chi connectivity index (χ0) is 61.5. The minimum atomic E-state index is -0.700. The van der Waals surface area contributed by atoms with Crippen molar-refractivity contribution in [1.29, 1.82) is 0 Å². The number of carboxylic acid groups (broad SMARTS) is 1. The molecule has 87 heavy (non-hydrogen) atoms. The molecule has 6 fully saturated rings. The first-order valence-corrected chi connectivity index (χ1v) is 29.3. The number of aliphatic carboxylic acids is 1. The number of likely N-dealkylation sites (tertiary alicyclic amines) is 2. The van der Waals surface area contributed by atoms with Gasteiger partial charge in [0, 0.05) is 122 Å². The molecular formula is C58H66Cl2F2N16O9. The van der Waals surface area contributed by atoms with E-state index in [9.17, 15) is 42.7 Å². The smallest absolute Gasteiger partial charge is 0.308 e. The van der Waals surface area contributed by atoms with E-state index in [1.807, 2.05) is 0 Å². The number of hydrogen-bond donors (Lipinski definition) is 6. The number of rotatable bonds is 19. The number of halogens is 4. The Bertz CT molecular complexity index is 3650. The van der Waals surface area contributed by atoms with Crippen molar-refractivity contribution in [3.63, 3.8) is 0 Å². The Kier molecular flexibility index (Phi) is 19.7. The number of piperazine rings is 2. The monoisotopic (exact) mass is 1240 g/mol. The molecule has 6 aromatic rings. The van der Waals surface area contributed by atoms with Crippen molar-refractivity contribution < 1.29 is 52.5 Å². The predicted octanol–water partition coefficient (Wildman–Crippen LogP) is 5.76. The molecule has 0 spiro atoms. The summed E-state index contributed by atoms with van der Waals surface area (Å²) >= 11 is 12.1. The number of aliphatic hydroxyl groups is 1. The molecule has 0 unspecified atom stereocenters. The van der Waals surface area contributed by atoms with Crippen molar-refractivity contribution in [2.75, 3.05) is 114 Å². The summed E-state index contributed by atoms with van der Waals surface area (Å²) < 4.78 is 37.2. The van der Waals surface area contributed by atoms with Crippen molar-refractivity contribution in [3.8, 4) is 0 Å². The maximum Gasteiger partial charge on any atom is 0.308 e. The zero-order valence-electron chi connectivity index (χ0n) is 47.9. The van der Waals surface area contributed by atoms with Crippen molar-refractivity contribution in [2.24, 2.45) is 0 Å². The lowest BCUT2D eigenvalue weighted by Crippen LogP contribution is -2.45. The molecule has 4 aliphatic heterocycles. The van der Waals surface area contributed by atoms with Crippen molar-refractivity contribution in [3.05, 3.63) is 105 Å². The number of aliphatic hydroxyl groups excluding tert-OH is 1. The number of esters is 1. The fraction of sp³-hybridized carbons (Fsp3) is 0.414. The second kappa shape index (κ2) is 27.7. The normalized spacial score (nSPS) is 18.8. The summed E-state index contributed by atoms with van der Waals surface area (Å²) in [6.07, 6.45) is 10.5. The highest BCUT2D eigenvalue weighted by atomic mass is 35.5. The number of aromatic nitrogens is 6. The molecule has 6 N–H and O–H groups in total. The lowest BCUT2D eigenvalue weighted by molar-refractivity contribution is -0.155. The van der Waals surface area contributed by atoms with Crippen LogP contribution in [0.25, 0.3) is 23.4 Å². The largest absolute Gasteiger partial charge is 0.481 e. The predicted molar refractivity (Wildman–Crippen MR) is 320 cm³/mol. The standard InChI is InChI=1S/C29H32ClFN8O4.C21H18ClFN6O3.C8H16N2O2/c1-36-8-10-37(11-9-36)7-6-27(41)43-17-38-26(40)13-18(29(38)42)12-19-16-32-39-25(33-21-3-4-21)15-24(35-28(19)39)34-23-14-20(30)2-5-22(23)31;22-13-1-4-15(23)16(7-13)26-17-8-18(25-14-2-3-14)29-20(27-17)12(9-24-29)5-11-6-19(31)28(10-30)21(11)32;1-9-4-6-10(7-5-9)3-2-8(11)12/h2,5,12,14-16,21,33H,3-4,6-11,13,17H2,1H3,(H,34,35);1,4-5,7-9,14,25,30H,2-3,6,10H2,(H,26,27);2-7H2,1H3,(H,11,12)/b18-12+;11-5+;. The topological polar surface area (TPSA) is 280 Å². The van der Waals surface area contributed by atoms with Gasteiger partial charge in [-0.05, 0) is 88.3 Å². The summed E-state index contributed by atoms with van der Waals surface area (Å²) in [5, 5.41) is 39.9. The molecule has 2 aliphatic carbocycles. The number of nitrogens with zero attached hydrogens (tertiary/aromatic N) is 12. The molecule has 4 amide bonds. The van der Waals surface area contributed by atoms with Crippen molar-refractivity contribution in [2.45, 2.75) is 63.5 Å². The summed E-state index contributed by atoms with van der Waals surface area (Å²) in [5.41, 5.74) is 2.61. The fourth-order valence-electron chi connectivity index (χ4n) is 9.80. The minimum Gasteiger partial charge on any atom is -0.481 e. The SMILES string of the molecule is CN1CCN(CCC(=O)O)CC1.CN1CCN(CCC(=O)OCN2C(=O)C/C(=C\c3cnn4c(NC5CC5)cc(Nc5cc(Cl)ccc5F)nc34)C2=O)CC1.O=C1C/C(=C\c2cnn3c(NC4CC4)cc(Nc4cc(Cl)ccc4F)nc23)C(=O)N1CO. The molecule has 0 atom stereocenters. The highest BCUT2D eigenvalue weighted by Gasteiger charge is 2.36. The number of carboxylic acids is 1. The number of nitrogens with one attached hydrogen (secondary N) is 4. The molecule has 0 radical (unpaired) electrons. The van der Waals surface area contributed by atoms with Crippen LogP contribution in [-0.4, -0.2) is 209 Å². The first-order valence-electron chi connectivity index (χ1n) is 28.5. The Morgan fingerprint density at radius 1 is 0.644 bits per heavy atom. The molecule has 2 aromatic carbocycles. The number of ether oxygens (including phenoxy) is 1. The molecular weight excluding hydrogens is 1170 g/mol. The maximum atomic E-state index is 14.4. The van der Waals surface area contributed by atoms with E-state index in [-0.39, 0.29) is 48.2 Å². The number of hydrogen-bond acceptors (Lipinski definition) is 20. The Labute approximate surface area is 508 Å². The summed E-state index contributed by atoms with van der Waals surface area (Å²) in [7, 11) is 4.15. The van der Waals surface area contributed by atoms with E-state index in [0.717, 1.165) is 87.8 Å². The molecule has 460 valence electrons. The molecule has 6 aliphatic rings. The van der Waals surface area contributed by atoms with Gasteiger partial charge in [0.25, 0.3) is 11.8 Å². The van der Waals surface area contributed by atoms with E-state index in [0.29, 0.717) is 80.9 Å². The Hall–Kier alpha value is -8.18. The first kappa shape index (κ1) is 61.9. The van der Waals surface area contributed by atoms with Crippen LogP contribution in [0.2, 0.25) is 10.0 Å². The number of imide groups is 2. The third-order valence-electron chi connectivity index (χ3n) is 15.2. The third kappa shape index (κ3) is 16.1. The number of amides is 4. The van der Waals surface area contributed by atoms with E-state index in [1.54, 1.807) is 33.4 Å². The van der Waals surface area contributed by atoms with Crippen molar-refractivity contribution in [1.82, 2.24) is 58.6 Å². The average Bonchev–Trinajstić information content (AvgIpc) is 3.38. The van der Waals surface area contributed by atoms with Gasteiger partial charge in [0.2, 0.25) is 11.8 Å². The molecule has 8 heterocycles. The van der Waals surface area contributed by atoms with Crippen LogP contribution in [0, 0.1) is 11.6 Å². The van der Waals surface area contributed by atoms with Crippen LogP contribution in [0.5, 0.6) is 0 Å². The van der Waals surface area contributed by atoms with Gasteiger partial charge in [-0.2, -0.15) is 19.2 Å². The quantitative estimate of drug-likeness (QED) is 0.0319. The number of likely N-dealkylation sites (N-methyl/N-ethyl adjacent to an activating group) is 2. The van der Waals surface area contributed by atoms with Crippen LogP contribution in [0.3, 0.4) is 0 Å². The van der Waals surface area contributed by atoms with Gasteiger partial charge in [-0.15, -0.1) is 0 Å². The van der Waals surface area contributed by atoms with Gasteiger partial charge in [0.1, 0.15) is 41.6 Å². The fourth-order valence-corrected chi connectivity index (χ4v) is 10.1. The van der Waals surface area contributed by atoms with Gasteiger partial charge in [-0.25, -0.2) is 23.6 Å². The molecule has 12 rings (SSSR count). The highest BCUT2D eigenvalue weighted by Crippen LogP contribution is 2.33. The summed E-state index contributed by atoms with van der Waals surface area (Å²) in [5.74, 6) is -2.17. The minimum absolute atomic E-state index is 0.115. The molecule has 0 bridgehead atoms. The van der Waals surface area contributed by atoms with Crippen LogP contribution in [0.1, 0.15) is 62.5 Å². The van der Waals surface area contributed by atoms with E-state index in [1.165, 1.54) is 48.7 Å². The number of carbonyl (C=O) groups excluding carboxylic acids is 5. The van der Waals surface area contributed by atoms with E-state index >= 15 is 0 Å². The Balaban J connectivity index is 0.000000166. The summed E-state index contributed by atoms with van der Waals surface area (Å²) in [6, 6.07) is 12.4.